The Bertz CT molecular complexity index is 1040. The van der Waals surface area contributed by atoms with Crippen molar-refractivity contribution in [2.24, 2.45) is 0 Å². The summed E-state index contributed by atoms with van der Waals surface area (Å²) >= 11 is 0. The first-order valence-corrected chi connectivity index (χ1v) is 10.7. The first kappa shape index (κ1) is 28.8. The maximum Gasteiger partial charge on any atom is 0.313 e. The number of carbonyl (C=O) groups excluding carboxylic acids is 4. The second kappa shape index (κ2) is 15.6. The van der Waals surface area contributed by atoms with Gasteiger partial charge < -0.3 is 18.9 Å². The lowest BCUT2D eigenvalue weighted by molar-refractivity contribution is -0.182. The van der Waals surface area contributed by atoms with Crippen LogP contribution in [0.2, 0.25) is 0 Å². The highest BCUT2D eigenvalue weighted by molar-refractivity contribution is 5.74. The molecule has 0 heterocycles. The minimum Gasteiger partial charge on any atom is -0.428 e. The average molecular weight is 483 g/mol. The van der Waals surface area contributed by atoms with E-state index in [1.165, 1.54) is 20.8 Å². The zero-order chi connectivity index (χ0) is 26.2. The fourth-order valence-electron chi connectivity index (χ4n) is 2.71. The standard InChI is InChI=1S/C14H16O4.C13H14O4/c1-4-12-6-5-7-13(8-12)9-14(16)18-11(3)17-10(2)15;1-3-11-5-4-6-12(7-11)8-13(15)17-9-16-10(2)14/h4-8,11H,1,9H2,2-3H3;3-7H,1,8-9H2,2H3. The van der Waals surface area contributed by atoms with Crippen molar-refractivity contribution >= 4 is 36.0 Å². The monoisotopic (exact) mass is 482 g/mol. The fraction of sp³-hybridized carbons (Fsp3) is 0.259. The highest BCUT2D eigenvalue weighted by atomic mass is 16.7. The van der Waals surface area contributed by atoms with Crippen molar-refractivity contribution < 1.29 is 38.1 Å². The zero-order valence-corrected chi connectivity index (χ0v) is 20.2. The van der Waals surface area contributed by atoms with Crippen molar-refractivity contribution in [3.63, 3.8) is 0 Å². The molecule has 35 heavy (non-hydrogen) atoms. The molecular formula is C27H30O8. The molecular weight excluding hydrogens is 452 g/mol. The Hall–Kier alpha value is -4.20. The quantitative estimate of drug-likeness (QED) is 0.365. The van der Waals surface area contributed by atoms with Crippen LogP contribution in [0, 0.1) is 0 Å². The van der Waals surface area contributed by atoms with Crippen LogP contribution in [0.15, 0.2) is 61.7 Å². The maximum atomic E-state index is 11.6. The van der Waals surface area contributed by atoms with Gasteiger partial charge in [0.05, 0.1) is 12.8 Å². The van der Waals surface area contributed by atoms with E-state index in [1.807, 2.05) is 48.5 Å². The summed E-state index contributed by atoms with van der Waals surface area (Å²) in [6, 6.07) is 14.8. The number of esters is 4. The van der Waals surface area contributed by atoms with E-state index in [4.69, 9.17) is 14.2 Å². The average Bonchev–Trinajstić information content (AvgIpc) is 2.78. The molecule has 1 atom stereocenters. The summed E-state index contributed by atoms with van der Waals surface area (Å²) in [5.74, 6) is -1.84. The molecule has 8 heteroatoms. The van der Waals surface area contributed by atoms with Crippen LogP contribution in [0.4, 0.5) is 0 Å². The summed E-state index contributed by atoms with van der Waals surface area (Å²) in [4.78, 5) is 44.0. The van der Waals surface area contributed by atoms with E-state index in [2.05, 4.69) is 17.9 Å². The fourth-order valence-corrected chi connectivity index (χ4v) is 2.71. The summed E-state index contributed by atoms with van der Waals surface area (Å²) in [6.45, 7) is 11.0. The minimum absolute atomic E-state index is 0.132. The van der Waals surface area contributed by atoms with E-state index in [-0.39, 0.29) is 19.6 Å². The second-order valence-electron chi connectivity index (χ2n) is 7.19. The Morgan fingerprint density at radius 2 is 1.29 bits per heavy atom. The van der Waals surface area contributed by atoms with Crippen molar-refractivity contribution in [2.75, 3.05) is 6.79 Å². The van der Waals surface area contributed by atoms with Gasteiger partial charge in [-0.1, -0.05) is 73.8 Å². The summed E-state index contributed by atoms with van der Waals surface area (Å²) < 4.78 is 18.9. The van der Waals surface area contributed by atoms with Crippen LogP contribution in [0.1, 0.15) is 43.0 Å². The highest BCUT2D eigenvalue weighted by Crippen LogP contribution is 2.09. The molecule has 0 bridgehead atoms. The Morgan fingerprint density at radius 3 is 1.74 bits per heavy atom. The Labute approximate surface area is 205 Å². The predicted molar refractivity (Wildman–Crippen MR) is 131 cm³/mol. The van der Waals surface area contributed by atoms with Gasteiger partial charge in [0.25, 0.3) is 0 Å². The third-order valence-electron chi connectivity index (χ3n) is 4.18. The molecule has 8 nitrogen and oxygen atoms in total. The largest absolute Gasteiger partial charge is 0.428 e. The van der Waals surface area contributed by atoms with Gasteiger partial charge in [-0.3, -0.25) is 19.2 Å². The molecule has 1 unspecified atom stereocenters. The molecule has 2 aromatic carbocycles. The lowest BCUT2D eigenvalue weighted by Crippen LogP contribution is -2.21. The number of carbonyl (C=O) groups is 4. The lowest BCUT2D eigenvalue weighted by atomic mass is 10.1. The van der Waals surface area contributed by atoms with E-state index >= 15 is 0 Å². The van der Waals surface area contributed by atoms with Crippen LogP contribution >= 0.6 is 0 Å². The Morgan fingerprint density at radius 1 is 0.771 bits per heavy atom. The highest BCUT2D eigenvalue weighted by Gasteiger charge is 2.12. The summed E-state index contributed by atoms with van der Waals surface area (Å²) in [5, 5.41) is 0. The van der Waals surface area contributed by atoms with Gasteiger partial charge >= 0.3 is 23.9 Å². The molecule has 0 aliphatic heterocycles. The third kappa shape index (κ3) is 13.2. The first-order valence-electron chi connectivity index (χ1n) is 10.7. The van der Waals surface area contributed by atoms with Crippen molar-refractivity contribution in [1.29, 1.82) is 0 Å². The van der Waals surface area contributed by atoms with Crippen LogP contribution in [-0.2, 0) is 51.0 Å². The topological polar surface area (TPSA) is 105 Å². The lowest BCUT2D eigenvalue weighted by Gasteiger charge is -2.12. The Balaban J connectivity index is 0.000000351. The molecule has 0 saturated heterocycles. The third-order valence-corrected chi connectivity index (χ3v) is 4.18. The zero-order valence-electron chi connectivity index (χ0n) is 20.2. The molecule has 2 rings (SSSR count). The van der Waals surface area contributed by atoms with Crippen LogP contribution < -0.4 is 0 Å². The van der Waals surface area contributed by atoms with Gasteiger partial charge in [0, 0.05) is 20.8 Å². The second-order valence-corrected chi connectivity index (χ2v) is 7.19. The van der Waals surface area contributed by atoms with E-state index in [9.17, 15) is 19.2 Å². The minimum atomic E-state index is -0.863. The summed E-state index contributed by atoms with van der Waals surface area (Å²) in [6.07, 6.45) is 2.82. The van der Waals surface area contributed by atoms with Gasteiger partial charge in [-0.25, -0.2) is 0 Å². The van der Waals surface area contributed by atoms with Gasteiger partial charge in [0.15, 0.2) is 0 Å². The molecule has 0 fully saturated rings. The van der Waals surface area contributed by atoms with Crippen LogP contribution in [-0.4, -0.2) is 37.0 Å². The van der Waals surface area contributed by atoms with Crippen LogP contribution in [0.3, 0.4) is 0 Å². The van der Waals surface area contributed by atoms with Gasteiger partial charge in [0.2, 0.25) is 13.1 Å². The van der Waals surface area contributed by atoms with E-state index in [1.54, 1.807) is 12.2 Å². The number of rotatable bonds is 10. The molecule has 0 spiro atoms. The number of benzene rings is 2. The van der Waals surface area contributed by atoms with Crippen molar-refractivity contribution in [1.82, 2.24) is 0 Å². The number of ether oxygens (including phenoxy) is 4. The molecule has 2 aromatic rings. The van der Waals surface area contributed by atoms with Crippen LogP contribution in [0.5, 0.6) is 0 Å². The van der Waals surface area contributed by atoms with Crippen molar-refractivity contribution in [3.05, 3.63) is 83.9 Å². The maximum absolute atomic E-state index is 11.6. The Kier molecular flexibility index (Phi) is 12.9. The molecule has 0 N–H and O–H groups in total. The van der Waals surface area contributed by atoms with E-state index in [0.29, 0.717) is 0 Å². The van der Waals surface area contributed by atoms with Gasteiger partial charge in [-0.2, -0.15) is 0 Å². The van der Waals surface area contributed by atoms with E-state index in [0.717, 1.165) is 22.3 Å². The molecule has 0 aromatic heterocycles. The van der Waals surface area contributed by atoms with Gasteiger partial charge in [-0.05, 0) is 22.3 Å². The molecule has 0 amide bonds. The molecule has 0 saturated carbocycles. The first-order chi connectivity index (χ1) is 16.6. The molecule has 0 radical (unpaired) electrons. The van der Waals surface area contributed by atoms with Crippen LogP contribution in [0.25, 0.3) is 12.2 Å². The van der Waals surface area contributed by atoms with Gasteiger partial charge in [-0.15, -0.1) is 0 Å². The smallest absolute Gasteiger partial charge is 0.313 e. The normalized spacial score (nSPS) is 10.5. The number of hydrogen-bond acceptors (Lipinski definition) is 8. The molecule has 0 aliphatic rings. The molecule has 0 aliphatic carbocycles. The number of hydrogen-bond donors (Lipinski definition) is 0. The van der Waals surface area contributed by atoms with Gasteiger partial charge in [0.1, 0.15) is 0 Å². The summed E-state index contributed by atoms with van der Waals surface area (Å²) in [7, 11) is 0. The summed E-state index contributed by atoms with van der Waals surface area (Å²) in [5.41, 5.74) is 3.53. The SMILES string of the molecule is C=Cc1cccc(CC(=O)OC(C)OC(C)=O)c1.C=Cc1cccc(CC(=O)OCOC(C)=O)c1. The van der Waals surface area contributed by atoms with Crippen molar-refractivity contribution in [3.8, 4) is 0 Å². The van der Waals surface area contributed by atoms with E-state index < -0.39 is 30.2 Å². The van der Waals surface area contributed by atoms with Crippen molar-refractivity contribution in [2.45, 2.75) is 39.9 Å². The molecule has 186 valence electrons. The predicted octanol–water partition coefficient (Wildman–Crippen LogP) is 4.26.